The van der Waals surface area contributed by atoms with Crippen molar-refractivity contribution in [1.29, 1.82) is 0 Å². The van der Waals surface area contributed by atoms with Crippen molar-refractivity contribution in [3.63, 3.8) is 0 Å². The highest BCUT2D eigenvalue weighted by molar-refractivity contribution is 5.80. The zero-order valence-corrected chi connectivity index (χ0v) is 20.2. The highest BCUT2D eigenvalue weighted by Gasteiger charge is 2.31. The molecule has 0 aliphatic rings. The second-order valence-corrected chi connectivity index (χ2v) is 9.20. The number of carbonyl (C=O) groups excluding carboxylic acids is 2. The van der Waals surface area contributed by atoms with Gasteiger partial charge in [0.25, 0.3) is 0 Å². The van der Waals surface area contributed by atoms with Crippen molar-refractivity contribution >= 4 is 11.9 Å². The zero-order chi connectivity index (χ0) is 24.9. The van der Waals surface area contributed by atoms with Crippen LogP contribution in [0.5, 0.6) is 5.75 Å². The lowest BCUT2D eigenvalue weighted by atomic mass is 9.84. The van der Waals surface area contributed by atoms with Crippen LogP contribution in [0.4, 0.5) is 8.78 Å². The van der Waals surface area contributed by atoms with Crippen LogP contribution >= 0.6 is 0 Å². The van der Waals surface area contributed by atoms with Gasteiger partial charge in [-0.25, -0.2) is 8.78 Å². The van der Waals surface area contributed by atoms with Crippen molar-refractivity contribution in [2.75, 3.05) is 7.11 Å². The lowest BCUT2D eigenvalue weighted by Gasteiger charge is -2.28. The summed E-state index contributed by atoms with van der Waals surface area (Å²) in [4.78, 5) is 24.9. The quantitative estimate of drug-likeness (QED) is 0.470. The third-order valence-electron chi connectivity index (χ3n) is 5.16. The highest BCUT2D eigenvalue weighted by Crippen LogP contribution is 2.38. The van der Waals surface area contributed by atoms with E-state index in [1.54, 1.807) is 53.7 Å². The molecule has 180 valence electrons. The second kappa shape index (κ2) is 10.8. The van der Waals surface area contributed by atoms with Gasteiger partial charge < -0.3 is 14.2 Å². The molecule has 5 nitrogen and oxygen atoms in total. The summed E-state index contributed by atoms with van der Waals surface area (Å²) in [6.45, 7) is 10.3. The molecule has 2 aromatic rings. The molecule has 3 atom stereocenters. The van der Waals surface area contributed by atoms with E-state index in [1.165, 1.54) is 31.4 Å². The molecule has 0 spiro atoms. The Morgan fingerprint density at radius 3 is 2.09 bits per heavy atom. The fraction of sp³-hybridized carbons (Fsp3) is 0.462. The summed E-state index contributed by atoms with van der Waals surface area (Å²) in [7, 11) is 1.42. The minimum atomic E-state index is -0.729. The van der Waals surface area contributed by atoms with Crippen LogP contribution < -0.4 is 4.74 Å². The van der Waals surface area contributed by atoms with Crippen LogP contribution in [0, 0.1) is 24.5 Å². The lowest BCUT2D eigenvalue weighted by Crippen LogP contribution is -2.30. The Kier molecular flexibility index (Phi) is 8.58. The Bertz CT molecular complexity index is 997. The maximum atomic E-state index is 13.8. The van der Waals surface area contributed by atoms with Gasteiger partial charge in [-0.05, 0) is 63.9 Å². The maximum absolute atomic E-state index is 13.8. The molecular weight excluding hydrogens is 430 g/mol. The van der Waals surface area contributed by atoms with Crippen LogP contribution in [-0.4, -0.2) is 30.8 Å². The van der Waals surface area contributed by atoms with Gasteiger partial charge in [0.15, 0.2) is 0 Å². The number of esters is 2. The van der Waals surface area contributed by atoms with E-state index in [1.807, 2.05) is 0 Å². The van der Waals surface area contributed by atoms with Gasteiger partial charge in [-0.1, -0.05) is 19.1 Å². The largest absolute Gasteiger partial charge is 0.496 e. The molecule has 0 amide bonds. The molecule has 0 fully saturated rings. The number of rotatable bonds is 8. The molecule has 0 aliphatic heterocycles. The molecule has 0 aliphatic carbocycles. The molecule has 0 heterocycles. The number of hydrogen-bond acceptors (Lipinski definition) is 5. The van der Waals surface area contributed by atoms with E-state index in [9.17, 15) is 18.4 Å². The minimum absolute atomic E-state index is 0.122. The van der Waals surface area contributed by atoms with Gasteiger partial charge in [0.1, 0.15) is 29.1 Å². The molecule has 0 aromatic heterocycles. The van der Waals surface area contributed by atoms with Gasteiger partial charge in [-0.15, -0.1) is 0 Å². The van der Waals surface area contributed by atoms with Crippen molar-refractivity contribution in [2.24, 2.45) is 5.92 Å². The van der Waals surface area contributed by atoms with Crippen molar-refractivity contribution in [2.45, 2.75) is 65.6 Å². The van der Waals surface area contributed by atoms with Gasteiger partial charge in [0.2, 0.25) is 0 Å². The molecule has 0 saturated heterocycles. The van der Waals surface area contributed by atoms with E-state index in [2.05, 4.69) is 0 Å². The van der Waals surface area contributed by atoms with Crippen LogP contribution in [-0.2, 0) is 19.1 Å². The van der Waals surface area contributed by atoms with E-state index < -0.39 is 47.1 Å². The van der Waals surface area contributed by atoms with Gasteiger partial charge >= 0.3 is 11.9 Å². The van der Waals surface area contributed by atoms with Crippen LogP contribution in [0.2, 0.25) is 0 Å². The summed E-state index contributed by atoms with van der Waals surface area (Å²) >= 11 is 0. The van der Waals surface area contributed by atoms with E-state index in [-0.39, 0.29) is 12.2 Å². The number of aryl methyl sites for hydroxylation is 1. The number of methoxy groups -OCH3 is 1. The Morgan fingerprint density at radius 1 is 0.970 bits per heavy atom. The van der Waals surface area contributed by atoms with Gasteiger partial charge in [-0.3, -0.25) is 9.59 Å². The summed E-state index contributed by atoms with van der Waals surface area (Å²) in [6, 6.07) is 8.44. The Morgan fingerprint density at radius 2 is 1.55 bits per heavy atom. The molecule has 7 heteroatoms. The first kappa shape index (κ1) is 26.3. The molecule has 0 radical (unpaired) electrons. The molecular formula is C26H32F2O5. The number of ether oxygens (including phenoxy) is 3. The average molecular weight is 463 g/mol. The van der Waals surface area contributed by atoms with Crippen LogP contribution in [0.1, 0.15) is 63.6 Å². The fourth-order valence-corrected chi connectivity index (χ4v) is 3.69. The monoisotopic (exact) mass is 462 g/mol. The van der Waals surface area contributed by atoms with E-state index >= 15 is 0 Å². The first-order valence-corrected chi connectivity index (χ1v) is 10.8. The standard InChI is InChI=1S/C26H32F2O5/c1-15-12-18(27)8-10-20(15)24(21-11-9-19(28)14-22(21)31-7)17(3)32-25(30)16(2)13-23(29)33-26(4,5)6/h8-12,14,16-17,24H,13H2,1-7H3/t16-,17+,24+/m1/s1. The summed E-state index contributed by atoms with van der Waals surface area (Å²) in [6.07, 6.45) is -0.842. The zero-order valence-electron chi connectivity index (χ0n) is 20.2. The van der Waals surface area contributed by atoms with Crippen LogP contribution in [0.15, 0.2) is 36.4 Å². The number of carbonyl (C=O) groups is 2. The second-order valence-electron chi connectivity index (χ2n) is 9.20. The SMILES string of the molecule is COc1cc(F)ccc1[C@H](c1ccc(F)cc1C)[C@H](C)OC(=O)[C@H](C)CC(=O)OC(C)(C)C. The topological polar surface area (TPSA) is 61.8 Å². The van der Waals surface area contributed by atoms with Crippen molar-refractivity contribution in [1.82, 2.24) is 0 Å². The molecule has 2 rings (SSSR count). The smallest absolute Gasteiger partial charge is 0.309 e. The third kappa shape index (κ3) is 7.27. The fourth-order valence-electron chi connectivity index (χ4n) is 3.69. The van der Waals surface area contributed by atoms with Gasteiger partial charge in [-0.2, -0.15) is 0 Å². The predicted molar refractivity (Wildman–Crippen MR) is 121 cm³/mol. The maximum Gasteiger partial charge on any atom is 0.309 e. The summed E-state index contributed by atoms with van der Waals surface area (Å²) in [5.41, 5.74) is 1.30. The first-order valence-electron chi connectivity index (χ1n) is 10.8. The number of hydrogen-bond donors (Lipinski definition) is 0. The molecule has 0 unspecified atom stereocenters. The predicted octanol–water partition coefficient (Wildman–Crippen LogP) is 5.71. The first-order chi connectivity index (χ1) is 15.3. The van der Waals surface area contributed by atoms with Crippen molar-refractivity contribution in [3.8, 4) is 5.75 Å². The molecule has 0 saturated carbocycles. The molecule has 0 bridgehead atoms. The van der Waals surface area contributed by atoms with Gasteiger partial charge in [0, 0.05) is 17.5 Å². The normalized spacial score (nSPS) is 14.2. The molecule has 2 aromatic carbocycles. The number of benzene rings is 2. The van der Waals surface area contributed by atoms with Gasteiger partial charge in [0.05, 0.1) is 19.4 Å². The summed E-state index contributed by atoms with van der Waals surface area (Å²) in [5.74, 6) is -2.93. The van der Waals surface area contributed by atoms with Crippen molar-refractivity contribution < 1.29 is 32.6 Å². The van der Waals surface area contributed by atoms with E-state index in [0.29, 0.717) is 16.7 Å². The Labute approximate surface area is 194 Å². The lowest BCUT2D eigenvalue weighted by molar-refractivity contribution is -0.163. The highest BCUT2D eigenvalue weighted by atomic mass is 19.1. The summed E-state index contributed by atoms with van der Waals surface area (Å²) < 4.78 is 44.0. The van der Waals surface area contributed by atoms with Crippen molar-refractivity contribution in [3.05, 3.63) is 64.7 Å². The molecule has 0 N–H and O–H groups in total. The van der Waals surface area contributed by atoms with Crippen LogP contribution in [0.3, 0.4) is 0 Å². The number of halogens is 2. The minimum Gasteiger partial charge on any atom is -0.496 e. The van der Waals surface area contributed by atoms with E-state index in [0.717, 1.165) is 0 Å². The third-order valence-corrected chi connectivity index (χ3v) is 5.16. The average Bonchev–Trinajstić information content (AvgIpc) is 2.69. The Hall–Kier alpha value is -2.96. The van der Waals surface area contributed by atoms with E-state index in [4.69, 9.17) is 14.2 Å². The Balaban J connectivity index is 2.34. The summed E-state index contributed by atoms with van der Waals surface area (Å²) in [5, 5.41) is 0. The van der Waals surface area contributed by atoms with Crippen LogP contribution in [0.25, 0.3) is 0 Å². The molecule has 33 heavy (non-hydrogen) atoms.